The molecule has 1 aliphatic heterocycles. The fraction of sp³-hybridized carbons (Fsp3) is 0.278. The Morgan fingerprint density at radius 1 is 1.12 bits per heavy atom. The van der Waals surface area contributed by atoms with Crippen LogP contribution in [0.1, 0.15) is 28.4 Å². The minimum Gasteiger partial charge on any atom is -0.350 e. The van der Waals surface area contributed by atoms with E-state index in [9.17, 15) is 18.0 Å². The first-order valence-corrected chi connectivity index (χ1v) is 10.0. The number of hydrogen-bond acceptors (Lipinski definition) is 5. The third-order valence-electron chi connectivity index (χ3n) is 4.17. The predicted octanol–water partition coefficient (Wildman–Crippen LogP) is 0.856. The van der Waals surface area contributed by atoms with Gasteiger partial charge >= 0.3 is 0 Å². The Morgan fingerprint density at radius 2 is 1.88 bits per heavy atom. The van der Waals surface area contributed by atoms with E-state index in [0.29, 0.717) is 17.5 Å². The zero-order valence-corrected chi connectivity index (χ0v) is 14.8. The first kappa shape index (κ1) is 18.1. The second kappa shape index (κ2) is 7.65. The number of hydrogen-bond donors (Lipinski definition) is 2. The molecule has 1 fully saturated rings. The molecule has 26 heavy (non-hydrogen) atoms. The Labute approximate surface area is 151 Å². The number of nitrogens with zero attached hydrogens (tertiary/aromatic N) is 1. The summed E-state index contributed by atoms with van der Waals surface area (Å²) in [6.45, 7) is 0. The number of aromatic nitrogens is 1. The first-order chi connectivity index (χ1) is 12.4. The van der Waals surface area contributed by atoms with Gasteiger partial charge in [-0.3, -0.25) is 14.6 Å². The summed E-state index contributed by atoms with van der Waals surface area (Å²) in [5.41, 5.74) is 0.952. The highest BCUT2D eigenvalue weighted by Gasteiger charge is 2.32. The van der Waals surface area contributed by atoms with Crippen LogP contribution in [0.2, 0.25) is 0 Å². The number of sulfone groups is 1. The van der Waals surface area contributed by atoms with Crippen LogP contribution in [0.5, 0.6) is 0 Å². The molecule has 0 bridgehead atoms. The molecule has 0 saturated carbocycles. The molecule has 1 saturated heterocycles. The molecule has 2 amide bonds. The van der Waals surface area contributed by atoms with Crippen molar-refractivity contribution in [2.24, 2.45) is 0 Å². The number of amides is 2. The number of nitrogens with one attached hydrogen (secondary N) is 2. The number of rotatable bonds is 5. The van der Waals surface area contributed by atoms with Gasteiger partial charge in [-0.15, -0.1) is 0 Å². The van der Waals surface area contributed by atoms with Crippen molar-refractivity contribution in [3.8, 4) is 0 Å². The summed E-state index contributed by atoms with van der Waals surface area (Å²) in [6.07, 6.45) is 3.35. The van der Waals surface area contributed by atoms with E-state index in [1.807, 2.05) is 6.07 Å². The van der Waals surface area contributed by atoms with E-state index < -0.39 is 33.7 Å². The van der Waals surface area contributed by atoms with Crippen molar-refractivity contribution in [2.45, 2.75) is 18.5 Å². The molecule has 136 valence electrons. The number of carbonyl (C=O) groups is 2. The fourth-order valence-electron chi connectivity index (χ4n) is 2.85. The van der Waals surface area contributed by atoms with Gasteiger partial charge in [0.1, 0.15) is 6.04 Å². The third-order valence-corrected chi connectivity index (χ3v) is 5.94. The summed E-state index contributed by atoms with van der Waals surface area (Å²) in [5, 5.41) is 5.45. The van der Waals surface area contributed by atoms with Crippen LogP contribution in [0.3, 0.4) is 0 Å². The third kappa shape index (κ3) is 4.45. The molecular weight excluding hydrogens is 354 g/mol. The number of pyridine rings is 1. The number of carbonyl (C=O) groups excluding carboxylic acids is 2. The van der Waals surface area contributed by atoms with Crippen molar-refractivity contribution in [1.29, 1.82) is 0 Å². The Balaban J connectivity index is 1.77. The molecule has 8 heteroatoms. The maximum absolute atomic E-state index is 12.7. The summed E-state index contributed by atoms with van der Waals surface area (Å²) < 4.78 is 23.2. The van der Waals surface area contributed by atoms with Gasteiger partial charge in [0, 0.05) is 18.4 Å². The Hall–Kier alpha value is -2.74. The van der Waals surface area contributed by atoms with Crippen molar-refractivity contribution in [3.05, 3.63) is 66.0 Å². The van der Waals surface area contributed by atoms with Gasteiger partial charge in [-0.25, -0.2) is 8.42 Å². The van der Waals surface area contributed by atoms with Crippen LogP contribution in [0.25, 0.3) is 0 Å². The Bertz CT molecular complexity index is 885. The minimum atomic E-state index is -3.11. The number of benzene rings is 1. The molecule has 0 radical (unpaired) electrons. The van der Waals surface area contributed by atoms with Gasteiger partial charge in [0.2, 0.25) is 5.91 Å². The van der Waals surface area contributed by atoms with Crippen LogP contribution in [0.15, 0.2) is 54.9 Å². The molecule has 1 aliphatic rings. The summed E-state index contributed by atoms with van der Waals surface area (Å²) >= 11 is 0. The average Bonchev–Trinajstić information content (AvgIpc) is 2.99. The van der Waals surface area contributed by atoms with Gasteiger partial charge in [-0.1, -0.05) is 30.3 Å². The van der Waals surface area contributed by atoms with E-state index >= 15 is 0 Å². The largest absolute Gasteiger partial charge is 0.350 e. The fourth-order valence-corrected chi connectivity index (χ4v) is 4.52. The average molecular weight is 373 g/mol. The molecule has 1 unspecified atom stereocenters. The van der Waals surface area contributed by atoms with E-state index in [-0.39, 0.29) is 11.5 Å². The first-order valence-electron chi connectivity index (χ1n) is 8.21. The van der Waals surface area contributed by atoms with E-state index in [4.69, 9.17) is 0 Å². The molecular formula is C18H19N3O4S. The van der Waals surface area contributed by atoms with Crippen LogP contribution < -0.4 is 10.6 Å². The SMILES string of the molecule is O=C(N[C@H](C(=O)NC1CCS(=O)(=O)C1)c1ccccc1)c1cccnc1. The van der Waals surface area contributed by atoms with Crippen LogP contribution >= 0.6 is 0 Å². The molecule has 7 nitrogen and oxygen atoms in total. The molecule has 2 N–H and O–H groups in total. The lowest BCUT2D eigenvalue weighted by atomic mass is 10.0. The maximum atomic E-state index is 12.7. The van der Waals surface area contributed by atoms with E-state index in [0.717, 1.165) is 0 Å². The smallest absolute Gasteiger partial charge is 0.253 e. The summed E-state index contributed by atoms with van der Waals surface area (Å²) in [5.74, 6) is -0.871. The zero-order valence-electron chi connectivity index (χ0n) is 14.0. The second-order valence-corrected chi connectivity index (χ2v) is 8.40. The van der Waals surface area contributed by atoms with E-state index in [1.54, 1.807) is 42.6 Å². The lowest BCUT2D eigenvalue weighted by molar-refractivity contribution is -0.123. The lowest BCUT2D eigenvalue weighted by Gasteiger charge is -2.21. The summed E-state index contributed by atoms with van der Waals surface area (Å²) in [6, 6.07) is 10.7. The van der Waals surface area contributed by atoms with Crippen molar-refractivity contribution in [3.63, 3.8) is 0 Å². The van der Waals surface area contributed by atoms with Gasteiger partial charge in [-0.2, -0.15) is 0 Å². The molecule has 2 aromatic rings. The molecule has 0 spiro atoms. The maximum Gasteiger partial charge on any atom is 0.253 e. The minimum absolute atomic E-state index is 0.0655. The van der Waals surface area contributed by atoms with E-state index in [2.05, 4.69) is 15.6 Å². The molecule has 2 heterocycles. The van der Waals surface area contributed by atoms with Crippen LogP contribution in [-0.4, -0.2) is 42.8 Å². The highest BCUT2D eigenvalue weighted by atomic mass is 32.2. The van der Waals surface area contributed by atoms with Gasteiger partial charge in [0.05, 0.1) is 17.1 Å². The topological polar surface area (TPSA) is 105 Å². The van der Waals surface area contributed by atoms with Crippen molar-refractivity contribution >= 4 is 21.7 Å². The predicted molar refractivity (Wildman–Crippen MR) is 96.1 cm³/mol. The highest BCUT2D eigenvalue weighted by molar-refractivity contribution is 7.91. The van der Waals surface area contributed by atoms with Gasteiger partial charge in [0.25, 0.3) is 5.91 Å². The monoisotopic (exact) mass is 373 g/mol. The van der Waals surface area contributed by atoms with E-state index in [1.165, 1.54) is 6.20 Å². The van der Waals surface area contributed by atoms with Crippen LogP contribution in [-0.2, 0) is 14.6 Å². The standard InChI is InChI=1S/C18H19N3O4S/c22-17(14-7-4-9-19-11-14)21-16(13-5-2-1-3-6-13)18(23)20-15-8-10-26(24,25)12-15/h1-7,9,11,15-16H,8,10,12H2,(H,20,23)(H,21,22)/t15?,16-/m0/s1. The Morgan fingerprint density at radius 3 is 2.50 bits per heavy atom. The molecule has 3 rings (SSSR count). The zero-order chi connectivity index (χ0) is 18.6. The van der Waals surface area contributed by atoms with Crippen molar-refractivity contribution in [2.75, 3.05) is 11.5 Å². The molecule has 2 atom stereocenters. The molecule has 1 aromatic carbocycles. The molecule has 0 aliphatic carbocycles. The van der Waals surface area contributed by atoms with Gasteiger partial charge < -0.3 is 10.6 Å². The normalized spacial score (nSPS) is 19.5. The molecule has 1 aromatic heterocycles. The van der Waals surface area contributed by atoms with Gasteiger partial charge in [-0.05, 0) is 24.1 Å². The summed E-state index contributed by atoms with van der Waals surface area (Å²) in [7, 11) is -3.11. The second-order valence-electron chi connectivity index (χ2n) is 6.17. The lowest BCUT2D eigenvalue weighted by Crippen LogP contribution is -2.44. The van der Waals surface area contributed by atoms with Gasteiger partial charge in [0.15, 0.2) is 9.84 Å². The van der Waals surface area contributed by atoms with Crippen molar-refractivity contribution < 1.29 is 18.0 Å². The van der Waals surface area contributed by atoms with Crippen LogP contribution in [0.4, 0.5) is 0 Å². The highest BCUT2D eigenvalue weighted by Crippen LogP contribution is 2.17. The van der Waals surface area contributed by atoms with Crippen molar-refractivity contribution in [1.82, 2.24) is 15.6 Å². The Kier molecular flexibility index (Phi) is 5.32. The quantitative estimate of drug-likeness (QED) is 0.809. The van der Waals surface area contributed by atoms with Crippen LogP contribution in [0, 0.1) is 0 Å². The summed E-state index contributed by atoms with van der Waals surface area (Å²) in [4.78, 5) is 29.1.